The van der Waals surface area contributed by atoms with Crippen LogP contribution in [0.5, 0.6) is 0 Å². The second-order valence-electron chi connectivity index (χ2n) is 4.11. The minimum atomic E-state index is 0.474. The molecule has 1 rings (SSSR count). The quantitative estimate of drug-likeness (QED) is 0.691. The second-order valence-corrected chi connectivity index (χ2v) is 4.11. The average molecular weight is 186 g/mol. The van der Waals surface area contributed by atoms with Crippen LogP contribution >= 0.6 is 0 Å². The van der Waals surface area contributed by atoms with Crippen LogP contribution in [0.15, 0.2) is 18.2 Å². The summed E-state index contributed by atoms with van der Waals surface area (Å²) in [6, 6.07) is 8.29. The number of hydrogen-bond donors (Lipinski definition) is 0. The highest BCUT2D eigenvalue weighted by molar-refractivity contribution is 5.43. The molecule has 73 valence electrons. The topological polar surface area (TPSA) is 23.8 Å². The lowest BCUT2D eigenvalue weighted by Crippen LogP contribution is -1.95. The first-order chi connectivity index (χ1) is 6.54. The highest BCUT2D eigenvalue weighted by atomic mass is 14.2. The molecule has 0 aliphatic carbocycles. The fourth-order valence-corrected chi connectivity index (χ4v) is 1.34. The van der Waals surface area contributed by atoms with E-state index in [0.717, 1.165) is 5.56 Å². The lowest BCUT2D eigenvalue weighted by molar-refractivity contribution is 0.862. The average Bonchev–Trinajstić information content (AvgIpc) is 2.16. The zero-order chi connectivity index (χ0) is 10.7. The third-order valence-electron chi connectivity index (χ3n) is 2.33. The van der Waals surface area contributed by atoms with E-state index in [4.69, 9.17) is 5.26 Å². The Balaban J connectivity index is 3.22. The van der Waals surface area contributed by atoms with Gasteiger partial charge in [-0.15, -0.1) is 0 Å². The molecule has 0 N–H and O–H groups in total. The number of hydrogen-bond acceptors (Lipinski definition) is 1. The van der Waals surface area contributed by atoms with Gasteiger partial charge in [0.05, 0.1) is 11.6 Å². The molecule has 0 fully saturated rings. The Hall–Kier alpha value is -1.29. The van der Waals surface area contributed by atoms with E-state index in [2.05, 4.69) is 39.8 Å². The zero-order valence-corrected chi connectivity index (χ0v) is 9.26. The van der Waals surface area contributed by atoms with Crippen LogP contribution in [0.25, 0.3) is 0 Å². The van der Waals surface area contributed by atoms with Crippen molar-refractivity contribution in [3.05, 3.63) is 40.8 Å². The third kappa shape index (κ3) is 2.35. The van der Waals surface area contributed by atoms with Crippen LogP contribution in [0.1, 0.15) is 50.3 Å². The van der Waals surface area contributed by atoms with Crippen LogP contribution in [0.3, 0.4) is 0 Å². The first kappa shape index (κ1) is 10.8. The summed E-state index contributed by atoms with van der Waals surface area (Å²) in [5.74, 6) is 1.73. The molecule has 0 unspecified atom stereocenters. The molecule has 0 aromatic heterocycles. The highest BCUT2D eigenvalue weighted by Crippen LogP contribution is 2.22. The Kier molecular flexibility index (Phi) is 3.30. The zero-order valence-electron chi connectivity index (χ0n) is 9.26. The van der Waals surface area contributed by atoms with Gasteiger partial charge >= 0.3 is 0 Å². The molecular weight excluding hydrogens is 170 g/mol. The number of nitriles is 1. The SMILES string of the molecule is C[C](C)c1cc(C#N)cc(C(C)C)c1. The van der Waals surface area contributed by atoms with Crippen molar-refractivity contribution in [1.82, 2.24) is 0 Å². The van der Waals surface area contributed by atoms with Crippen LogP contribution in [-0.4, -0.2) is 0 Å². The molecule has 1 radical (unpaired) electrons. The summed E-state index contributed by atoms with van der Waals surface area (Å²) < 4.78 is 0. The molecule has 0 aliphatic rings. The van der Waals surface area contributed by atoms with Crippen molar-refractivity contribution < 1.29 is 0 Å². The van der Waals surface area contributed by atoms with Crippen molar-refractivity contribution in [2.45, 2.75) is 33.6 Å². The molecule has 0 saturated carbocycles. The fourth-order valence-electron chi connectivity index (χ4n) is 1.34. The van der Waals surface area contributed by atoms with E-state index in [9.17, 15) is 0 Å². The maximum absolute atomic E-state index is 8.89. The van der Waals surface area contributed by atoms with Crippen molar-refractivity contribution in [3.8, 4) is 6.07 Å². The maximum Gasteiger partial charge on any atom is 0.0991 e. The van der Waals surface area contributed by atoms with E-state index in [1.54, 1.807) is 0 Å². The highest BCUT2D eigenvalue weighted by Gasteiger charge is 2.06. The van der Waals surface area contributed by atoms with E-state index in [1.165, 1.54) is 17.0 Å². The summed E-state index contributed by atoms with van der Waals surface area (Å²) in [5, 5.41) is 8.89. The summed E-state index contributed by atoms with van der Waals surface area (Å²) in [5.41, 5.74) is 3.17. The van der Waals surface area contributed by atoms with Gasteiger partial charge in [0.2, 0.25) is 0 Å². The molecular formula is C13H16N. The van der Waals surface area contributed by atoms with Gasteiger partial charge in [0.25, 0.3) is 0 Å². The molecule has 14 heavy (non-hydrogen) atoms. The maximum atomic E-state index is 8.89. The molecule has 0 bridgehead atoms. The summed E-state index contributed by atoms with van der Waals surface area (Å²) in [6.45, 7) is 8.43. The Morgan fingerprint density at radius 3 is 2.29 bits per heavy atom. The van der Waals surface area contributed by atoms with Gasteiger partial charge in [-0.1, -0.05) is 33.8 Å². The van der Waals surface area contributed by atoms with Crippen LogP contribution < -0.4 is 0 Å². The van der Waals surface area contributed by atoms with Crippen molar-refractivity contribution in [2.75, 3.05) is 0 Å². The third-order valence-corrected chi connectivity index (χ3v) is 2.33. The predicted molar refractivity (Wildman–Crippen MR) is 58.9 cm³/mol. The Bertz CT molecular complexity index is 330. The van der Waals surface area contributed by atoms with Crippen molar-refractivity contribution >= 4 is 0 Å². The summed E-state index contributed by atoms with van der Waals surface area (Å²) in [6.07, 6.45) is 0. The summed E-state index contributed by atoms with van der Waals surface area (Å²) in [7, 11) is 0. The summed E-state index contributed by atoms with van der Waals surface area (Å²) >= 11 is 0. The minimum absolute atomic E-state index is 0.474. The van der Waals surface area contributed by atoms with Crippen LogP contribution in [-0.2, 0) is 0 Å². The molecule has 0 amide bonds. The lowest BCUT2D eigenvalue weighted by Gasteiger charge is -2.11. The first-order valence-electron chi connectivity index (χ1n) is 4.90. The number of benzene rings is 1. The van der Waals surface area contributed by atoms with Crippen molar-refractivity contribution in [2.24, 2.45) is 0 Å². The van der Waals surface area contributed by atoms with Gasteiger partial charge < -0.3 is 0 Å². The molecule has 1 aromatic carbocycles. The van der Waals surface area contributed by atoms with Gasteiger partial charge in [-0.25, -0.2) is 0 Å². The largest absolute Gasteiger partial charge is 0.192 e. The normalized spacial score (nSPS) is 10.6. The van der Waals surface area contributed by atoms with Crippen LogP contribution in [0.4, 0.5) is 0 Å². The van der Waals surface area contributed by atoms with Crippen LogP contribution in [0, 0.1) is 17.2 Å². The molecule has 0 aliphatic heterocycles. The predicted octanol–water partition coefficient (Wildman–Crippen LogP) is 3.64. The second kappa shape index (κ2) is 4.28. The Labute approximate surface area is 86.4 Å². The van der Waals surface area contributed by atoms with Crippen molar-refractivity contribution in [3.63, 3.8) is 0 Å². The molecule has 1 heteroatoms. The van der Waals surface area contributed by atoms with Gasteiger partial charge in [0.1, 0.15) is 0 Å². The fraction of sp³-hybridized carbons (Fsp3) is 0.385. The molecule has 1 nitrogen and oxygen atoms in total. The Morgan fingerprint density at radius 1 is 1.21 bits per heavy atom. The Morgan fingerprint density at radius 2 is 1.86 bits per heavy atom. The van der Waals surface area contributed by atoms with Gasteiger partial charge in [0.15, 0.2) is 0 Å². The van der Waals surface area contributed by atoms with Gasteiger partial charge in [-0.05, 0) is 35.1 Å². The van der Waals surface area contributed by atoms with E-state index in [0.29, 0.717) is 5.92 Å². The lowest BCUT2D eigenvalue weighted by atomic mass is 9.93. The smallest absolute Gasteiger partial charge is 0.0991 e. The minimum Gasteiger partial charge on any atom is -0.192 e. The van der Waals surface area contributed by atoms with Crippen molar-refractivity contribution in [1.29, 1.82) is 5.26 Å². The molecule has 0 spiro atoms. The standard InChI is InChI=1S/C13H16N/c1-9(2)12-5-11(8-14)6-13(7-12)10(3)4/h5-7,9H,1-4H3. The first-order valence-corrected chi connectivity index (χ1v) is 4.90. The van der Waals surface area contributed by atoms with Gasteiger partial charge in [-0.3, -0.25) is 0 Å². The van der Waals surface area contributed by atoms with E-state index in [1.807, 2.05) is 12.1 Å². The number of rotatable bonds is 2. The van der Waals surface area contributed by atoms with Gasteiger partial charge in [0, 0.05) is 0 Å². The molecule has 0 saturated heterocycles. The van der Waals surface area contributed by atoms with E-state index in [-0.39, 0.29) is 0 Å². The van der Waals surface area contributed by atoms with E-state index >= 15 is 0 Å². The number of nitrogens with zero attached hydrogens (tertiary/aromatic N) is 1. The van der Waals surface area contributed by atoms with Gasteiger partial charge in [-0.2, -0.15) is 5.26 Å². The summed E-state index contributed by atoms with van der Waals surface area (Å²) in [4.78, 5) is 0. The molecule has 0 heterocycles. The molecule has 0 atom stereocenters. The molecule has 1 aromatic rings. The van der Waals surface area contributed by atoms with Crippen LogP contribution in [0.2, 0.25) is 0 Å². The monoisotopic (exact) mass is 186 g/mol. The van der Waals surface area contributed by atoms with E-state index < -0.39 is 0 Å².